The number of carbonyl (C=O) groups excluding carboxylic acids is 1. The number of anilines is 1. The van der Waals surface area contributed by atoms with Gasteiger partial charge in [-0.1, -0.05) is 0 Å². The fourth-order valence-electron chi connectivity index (χ4n) is 1.57. The van der Waals surface area contributed by atoms with Gasteiger partial charge in [-0.3, -0.25) is 4.79 Å². The number of amides is 1. The second-order valence-electron chi connectivity index (χ2n) is 4.21. The zero-order valence-corrected chi connectivity index (χ0v) is 10.2. The van der Waals surface area contributed by atoms with Crippen LogP contribution in [0.1, 0.15) is 18.6 Å². The van der Waals surface area contributed by atoms with Crippen molar-refractivity contribution in [2.75, 3.05) is 5.32 Å². The lowest BCUT2D eigenvalue weighted by molar-refractivity contribution is -0.117. The van der Waals surface area contributed by atoms with Crippen molar-refractivity contribution in [1.82, 2.24) is 4.98 Å². The molecule has 3 rings (SSSR count). The van der Waals surface area contributed by atoms with E-state index in [1.165, 1.54) is 11.3 Å². The van der Waals surface area contributed by atoms with E-state index in [0.29, 0.717) is 5.13 Å². The lowest BCUT2D eigenvalue weighted by atomic mass is 10.4. The molecule has 17 heavy (non-hydrogen) atoms. The standard InChI is InChI=1S/C12H12N2O2S/c1-7-2-5-10(16-7)9-6-17-12(13-9)14-11(15)8-3-4-8/h2,5-6,8H,3-4H2,1H3,(H,13,14,15). The topological polar surface area (TPSA) is 55.1 Å². The summed E-state index contributed by atoms with van der Waals surface area (Å²) in [6.45, 7) is 1.89. The van der Waals surface area contributed by atoms with Gasteiger partial charge in [0.25, 0.3) is 0 Å². The number of hydrogen-bond donors (Lipinski definition) is 1. The van der Waals surface area contributed by atoms with Crippen LogP contribution < -0.4 is 5.32 Å². The molecule has 5 heteroatoms. The summed E-state index contributed by atoms with van der Waals surface area (Å²) in [5.41, 5.74) is 0.772. The second-order valence-corrected chi connectivity index (χ2v) is 5.07. The molecule has 4 nitrogen and oxygen atoms in total. The first-order valence-corrected chi connectivity index (χ1v) is 6.43. The molecule has 0 atom stereocenters. The van der Waals surface area contributed by atoms with Crippen LogP contribution in [0.2, 0.25) is 0 Å². The summed E-state index contributed by atoms with van der Waals surface area (Å²) >= 11 is 1.42. The average molecular weight is 248 g/mol. The van der Waals surface area contributed by atoms with E-state index in [9.17, 15) is 4.79 Å². The number of rotatable bonds is 3. The molecular formula is C12H12N2O2S. The van der Waals surface area contributed by atoms with Gasteiger partial charge >= 0.3 is 0 Å². The molecule has 1 aliphatic rings. The fourth-order valence-corrected chi connectivity index (χ4v) is 2.27. The first kappa shape index (κ1) is 10.5. The van der Waals surface area contributed by atoms with Gasteiger partial charge in [-0.15, -0.1) is 11.3 Å². The summed E-state index contributed by atoms with van der Waals surface area (Å²) in [6, 6.07) is 3.79. The Kier molecular flexibility index (Phi) is 2.48. The highest BCUT2D eigenvalue weighted by molar-refractivity contribution is 7.14. The minimum Gasteiger partial charge on any atom is -0.460 e. The summed E-state index contributed by atoms with van der Waals surface area (Å²) in [6.07, 6.45) is 2.00. The van der Waals surface area contributed by atoms with Crippen molar-refractivity contribution >= 4 is 22.4 Å². The molecule has 0 radical (unpaired) electrons. The van der Waals surface area contributed by atoms with Crippen LogP contribution in [0, 0.1) is 12.8 Å². The second kappa shape index (κ2) is 4.00. The Labute approximate surface area is 103 Å². The lowest BCUT2D eigenvalue weighted by Crippen LogP contribution is -2.12. The molecule has 0 saturated heterocycles. The van der Waals surface area contributed by atoms with Crippen LogP contribution in [0.25, 0.3) is 11.5 Å². The molecule has 0 spiro atoms. The van der Waals surface area contributed by atoms with Crippen molar-refractivity contribution < 1.29 is 9.21 Å². The van der Waals surface area contributed by atoms with Crippen molar-refractivity contribution in [2.24, 2.45) is 5.92 Å². The van der Waals surface area contributed by atoms with E-state index >= 15 is 0 Å². The summed E-state index contributed by atoms with van der Waals surface area (Å²) in [5.74, 6) is 1.89. The third-order valence-electron chi connectivity index (χ3n) is 2.68. The van der Waals surface area contributed by atoms with Crippen LogP contribution in [-0.4, -0.2) is 10.9 Å². The number of hydrogen-bond acceptors (Lipinski definition) is 4. The zero-order chi connectivity index (χ0) is 11.8. The van der Waals surface area contributed by atoms with Crippen LogP contribution >= 0.6 is 11.3 Å². The number of aryl methyl sites for hydroxylation is 1. The lowest BCUT2D eigenvalue weighted by Gasteiger charge is -1.97. The highest BCUT2D eigenvalue weighted by Gasteiger charge is 2.30. The molecule has 1 amide bonds. The predicted octanol–water partition coefficient (Wildman–Crippen LogP) is 3.06. The van der Waals surface area contributed by atoms with E-state index in [2.05, 4.69) is 10.3 Å². The highest BCUT2D eigenvalue weighted by atomic mass is 32.1. The number of thiazole rings is 1. The number of aromatic nitrogens is 1. The van der Waals surface area contributed by atoms with Crippen LogP contribution in [-0.2, 0) is 4.79 Å². The molecule has 1 N–H and O–H groups in total. The summed E-state index contributed by atoms with van der Waals surface area (Å²) in [5, 5.41) is 5.36. The molecule has 0 aliphatic heterocycles. The van der Waals surface area contributed by atoms with Crippen molar-refractivity contribution in [2.45, 2.75) is 19.8 Å². The Bertz CT molecular complexity index is 554. The zero-order valence-electron chi connectivity index (χ0n) is 9.40. The maximum absolute atomic E-state index is 11.6. The minimum atomic E-state index is 0.0847. The Hall–Kier alpha value is -1.62. The molecule has 88 valence electrons. The molecule has 2 aromatic rings. The molecule has 2 aromatic heterocycles. The number of nitrogens with one attached hydrogen (secondary N) is 1. The van der Waals surface area contributed by atoms with Gasteiger partial charge in [-0.25, -0.2) is 4.98 Å². The Morgan fingerprint density at radius 3 is 3.00 bits per heavy atom. The Balaban J connectivity index is 1.75. The quantitative estimate of drug-likeness (QED) is 0.908. The van der Waals surface area contributed by atoms with Crippen LogP contribution in [0.15, 0.2) is 21.9 Å². The number of furan rings is 1. The van der Waals surface area contributed by atoms with Crippen molar-refractivity contribution in [3.63, 3.8) is 0 Å². The van der Waals surface area contributed by atoms with E-state index in [4.69, 9.17) is 4.42 Å². The number of nitrogens with zero attached hydrogens (tertiary/aromatic N) is 1. The first-order chi connectivity index (χ1) is 8.22. The fraction of sp³-hybridized carbons (Fsp3) is 0.333. The SMILES string of the molecule is Cc1ccc(-c2csc(NC(=O)C3CC3)n2)o1. The molecule has 0 unspecified atom stereocenters. The molecule has 1 aliphatic carbocycles. The molecule has 1 saturated carbocycles. The van der Waals surface area contributed by atoms with Gasteiger partial charge in [0, 0.05) is 11.3 Å². The van der Waals surface area contributed by atoms with Gasteiger partial charge in [-0.2, -0.15) is 0 Å². The van der Waals surface area contributed by atoms with Crippen molar-refractivity contribution in [1.29, 1.82) is 0 Å². The van der Waals surface area contributed by atoms with E-state index in [1.807, 2.05) is 24.4 Å². The average Bonchev–Trinajstić information content (AvgIpc) is 2.92. The van der Waals surface area contributed by atoms with Gasteiger partial charge < -0.3 is 9.73 Å². The maximum Gasteiger partial charge on any atom is 0.229 e. The maximum atomic E-state index is 11.6. The predicted molar refractivity (Wildman–Crippen MR) is 65.9 cm³/mol. The van der Waals surface area contributed by atoms with Gasteiger partial charge in [-0.05, 0) is 31.9 Å². The normalized spacial score (nSPS) is 14.9. The molecule has 2 heterocycles. The first-order valence-electron chi connectivity index (χ1n) is 5.55. The Morgan fingerprint density at radius 1 is 1.53 bits per heavy atom. The van der Waals surface area contributed by atoms with E-state index in [0.717, 1.165) is 30.1 Å². The van der Waals surface area contributed by atoms with Crippen LogP contribution in [0.5, 0.6) is 0 Å². The summed E-state index contributed by atoms with van der Waals surface area (Å²) in [7, 11) is 0. The summed E-state index contributed by atoms with van der Waals surface area (Å²) < 4.78 is 5.48. The van der Waals surface area contributed by atoms with E-state index < -0.39 is 0 Å². The van der Waals surface area contributed by atoms with Crippen LogP contribution in [0.3, 0.4) is 0 Å². The third-order valence-corrected chi connectivity index (χ3v) is 3.43. The Morgan fingerprint density at radius 2 is 2.35 bits per heavy atom. The molecule has 0 aromatic carbocycles. The third kappa shape index (κ3) is 2.24. The number of carbonyl (C=O) groups is 1. The van der Waals surface area contributed by atoms with Crippen LogP contribution in [0.4, 0.5) is 5.13 Å². The minimum absolute atomic E-state index is 0.0847. The van der Waals surface area contributed by atoms with Gasteiger partial charge in [0.1, 0.15) is 11.5 Å². The van der Waals surface area contributed by atoms with Gasteiger partial charge in [0.15, 0.2) is 10.9 Å². The summed E-state index contributed by atoms with van der Waals surface area (Å²) in [4.78, 5) is 15.9. The molecule has 1 fully saturated rings. The largest absolute Gasteiger partial charge is 0.460 e. The van der Waals surface area contributed by atoms with Gasteiger partial charge in [0.05, 0.1) is 0 Å². The van der Waals surface area contributed by atoms with E-state index in [1.54, 1.807) is 0 Å². The van der Waals surface area contributed by atoms with E-state index in [-0.39, 0.29) is 11.8 Å². The van der Waals surface area contributed by atoms with Crippen molar-refractivity contribution in [3.05, 3.63) is 23.3 Å². The van der Waals surface area contributed by atoms with Gasteiger partial charge in [0.2, 0.25) is 5.91 Å². The highest BCUT2D eigenvalue weighted by Crippen LogP contribution is 2.31. The molecule has 0 bridgehead atoms. The monoisotopic (exact) mass is 248 g/mol. The van der Waals surface area contributed by atoms with Crippen molar-refractivity contribution in [3.8, 4) is 11.5 Å². The molecular weight excluding hydrogens is 236 g/mol. The smallest absolute Gasteiger partial charge is 0.229 e.